The Kier molecular flexibility index (Phi) is 13.1. The predicted molar refractivity (Wildman–Crippen MR) is 477 cm³/mol. The molecule has 0 amide bonds. The van der Waals surface area contributed by atoms with Gasteiger partial charge in [-0.2, -0.15) is 0 Å². The number of rotatable bonds is 9. The molecule has 2 aromatic heterocycles. The largest absolute Gasteiger partial charge is 0.310 e. The summed E-state index contributed by atoms with van der Waals surface area (Å²) in [6.07, 6.45) is 0. The summed E-state index contributed by atoms with van der Waals surface area (Å²) in [6.45, 7) is 43.7. The van der Waals surface area contributed by atoms with Crippen LogP contribution >= 0.6 is 0 Å². The van der Waals surface area contributed by atoms with E-state index in [0.29, 0.717) is 22.7 Å². The quantitative estimate of drug-likeness (QED) is 0.134. The van der Waals surface area contributed by atoms with E-state index < -0.39 is 114 Å². The highest BCUT2D eigenvalue weighted by Crippen LogP contribution is 2.56. The number of para-hydroxylation sites is 4. The fraction of sp³-hybridized carbons (Fsp3) is 0.257. The molecule has 13 aromatic carbocycles. The van der Waals surface area contributed by atoms with Crippen molar-refractivity contribution in [3.63, 3.8) is 0 Å². The molecule has 15 aromatic rings. The van der Waals surface area contributed by atoms with Gasteiger partial charge in [-0.3, -0.25) is 0 Å². The molecule has 0 bridgehead atoms. The van der Waals surface area contributed by atoms with Crippen LogP contribution in [0.3, 0.4) is 0 Å². The van der Waals surface area contributed by atoms with Crippen LogP contribution in [0.5, 0.6) is 0 Å². The highest BCUT2D eigenvalue weighted by molar-refractivity contribution is 7.00. The summed E-state index contributed by atoms with van der Waals surface area (Å²) in [5.41, 5.74) is 19.8. The average molecular weight is 1450 g/mol. The first-order valence-corrected chi connectivity index (χ1v) is 38.7. The first-order chi connectivity index (χ1) is 58.8. The van der Waals surface area contributed by atoms with Crippen molar-refractivity contribution in [3.8, 4) is 55.9 Å². The summed E-state index contributed by atoms with van der Waals surface area (Å²) >= 11 is 0. The lowest BCUT2D eigenvalue weighted by Crippen LogP contribution is -2.61. The molecule has 0 saturated carbocycles. The summed E-state index contributed by atoms with van der Waals surface area (Å²) < 4.78 is 157. The van der Waals surface area contributed by atoms with Crippen LogP contribution in [-0.4, -0.2) is 15.8 Å². The van der Waals surface area contributed by atoms with Crippen molar-refractivity contribution < 1.29 is 21.9 Å². The number of fused-ring (bicyclic) bond motifs is 10. The maximum atomic E-state index is 10.0. The Balaban J connectivity index is 1.14. The van der Waals surface area contributed by atoms with Crippen molar-refractivity contribution in [2.75, 3.05) is 9.80 Å². The van der Waals surface area contributed by atoms with Gasteiger partial charge in [0.15, 0.2) is 0 Å². The summed E-state index contributed by atoms with van der Waals surface area (Å²) in [5, 5.41) is -0.259. The van der Waals surface area contributed by atoms with E-state index in [0.717, 1.165) is 123 Å². The average Bonchev–Trinajstić information content (AvgIpc) is 1.17. The molecule has 0 radical (unpaired) electrons. The van der Waals surface area contributed by atoms with Crippen LogP contribution in [0.25, 0.3) is 99.5 Å². The van der Waals surface area contributed by atoms with E-state index in [2.05, 4.69) is 294 Å². The monoisotopic (exact) mass is 1450 g/mol. The van der Waals surface area contributed by atoms with E-state index in [4.69, 9.17) is 0 Å². The summed E-state index contributed by atoms with van der Waals surface area (Å²) in [5.74, 6) is -0.204. The van der Waals surface area contributed by atoms with Crippen LogP contribution in [0.1, 0.15) is 205 Å². The summed E-state index contributed by atoms with van der Waals surface area (Å²) in [6, 6.07) is 53.1. The smallest absolute Gasteiger partial charge is 0.252 e. The lowest BCUT2D eigenvalue weighted by molar-refractivity contribution is 0.589. The van der Waals surface area contributed by atoms with Gasteiger partial charge in [0, 0.05) is 77.9 Å². The second-order valence-electron chi connectivity index (χ2n) is 36.9. The molecule has 548 valence electrons. The Bertz CT molecular complexity index is 6500. The summed E-state index contributed by atoms with van der Waals surface area (Å²) in [7, 11) is 0. The second kappa shape index (κ2) is 25.9. The van der Waals surface area contributed by atoms with Crippen molar-refractivity contribution in [1.29, 1.82) is 0 Å². The Morgan fingerprint density at radius 1 is 0.291 bits per heavy atom. The maximum Gasteiger partial charge on any atom is 0.252 e. The molecular weight excluding hydrogens is 1330 g/mol. The Morgan fingerprint density at radius 2 is 0.564 bits per heavy atom. The normalized spacial score (nSPS) is 15.5. The first-order valence-electron chi connectivity index (χ1n) is 46.7. The van der Waals surface area contributed by atoms with Gasteiger partial charge in [-0.25, -0.2) is 0 Å². The van der Waals surface area contributed by atoms with E-state index in [1.54, 1.807) is 9.13 Å². The van der Waals surface area contributed by atoms with Gasteiger partial charge < -0.3 is 18.9 Å². The van der Waals surface area contributed by atoms with Gasteiger partial charge in [-0.05, 0) is 201 Å². The predicted octanol–water partition coefficient (Wildman–Crippen LogP) is 27.5. The zero-order valence-electron chi connectivity index (χ0n) is 83.1. The fourth-order valence-electron chi connectivity index (χ4n) is 16.5. The van der Waals surface area contributed by atoms with Gasteiger partial charge in [0.05, 0.1) is 55.4 Å². The molecule has 0 atom stereocenters. The van der Waals surface area contributed by atoms with Gasteiger partial charge in [0.25, 0.3) is 6.71 Å². The van der Waals surface area contributed by atoms with Crippen molar-refractivity contribution in [2.24, 2.45) is 0 Å². The van der Waals surface area contributed by atoms with Gasteiger partial charge in [0.2, 0.25) is 0 Å². The fourth-order valence-corrected chi connectivity index (χ4v) is 16.5. The Hall–Kier alpha value is -10.9. The molecular formula is C105H105BN4. The van der Waals surface area contributed by atoms with Crippen molar-refractivity contribution >= 4 is 101 Å². The molecule has 4 heterocycles. The first kappa shape index (κ1) is 55.5. The zero-order chi connectivity index (χ0) is 91.1. The SMILES string of the molecule is [2H]c1c([2H])c([2H])c2c(c1[2H])c1c([2H])c([2H])c([2H])c([2H])c1n2-c1ccc2c(c1)N(c1c(-c3cccc(C(C)(C)C)c3)cc(C(C)(C)C)cc1-c1cccc(C(C)(C)C)c1)c1cc(C(C)C)cc3c1B2c1ccc(-n2c4c([2H])c([2H])c([2H])c([2H])c4c4c([2H])c([2H])c([2H])c([2H])c42)cc1N3c1c(-c2cccc(C(C)(C)C)c2)cc(C(C)(C)C)cc1-c1cccc(C(C)(C)C)c1. The maximum absolute atomic E-state index is 10.0. The van der Waals surface area contributed by atoms with Crippen LogP contribution in [0, 0.1) is 0 Å². The molecule has 2 aliphatic heterocycles. The highest BCUT2D eigenvalue weighted by Gasteiger charge is 2.47. The van der Waals surface area contributed by atoms with Gasteiger partial charge in [-0.15, -0.1) is 0 Å². The third-order valence-electron chi connectivity index (χ3n) is 22.9. The molecule has 0 unspecified atom stereocenters. The highest BCUT2D eigenvalue weighted by atomic mass is 15.2. The van der Waals surface area contributed by atoms with E-state index in [-0.39, 0.29) is 71.2 Å². The van der Waals surface area contributed by atoms with Crippen LogP contribution in [0.15, 0.2) is 267 Å². The van der Waals surface area contributed by atoms with Crippen LogP contribution in [0.4, 0.5) is 34.1 Å². The van der Waals surface area contributed by atoms with Gasteiger partial charge in [0.1, 0.15) is 0 Å². The minimum Gasteiger partial charge on any atom is -0.310 e. The molecule has 110 heavy (non-hydrogen) atoms. The molecule has 0 spiro atoms. The Morgan fingerprint density at radius 3 is 0.827 bits per heavy atom. The van der Waals surface area contributed by atoms with Crippen molar-refractivity contribution in [1.82, 2.24) is 9.13 Å². The number of hydrogen-bond acceptors (Lipinski definition) is 2. The Labute approximate surface area is 676 Å². The van der Waals surface area contributed by atoms with E-state index in [1.165, 1.54) is 0 Å². The minimum atomic E-state index is -0.777. The van der Waals surface area contributed by atoms with E-state index >= 15 is 0 Å². The number of aromatic nitrogens is 2. The molecule has 2 aliphatic rings. The lowest BCUT2D eigenvalue weighted by atomic mass is 9.33. The third-order valence-corrected chi connectivity index (χ3v) is 22.9. The molecule has 0 aliphatic carbocycles. The molecule has 5 heteroatoms. The number of hydrogen-bond donors (Lipinski definition) is 0. The van der Waals surface area contributed by atoms with E-state index in [9.17, 15) is 21.9 Å². The third kappa shape index (κ3) is 12.2. The molecule has 0 saturated heterocycles. The molecule has 0 fully saturated rings. The molecule has 17 rings (SSSR count). The number of anilines is 6. The van der Waals surface area contributed by atoms with E-state index in [1.807, 2.05) is 24.3 Å². The van der Waals surface area contributed by atoms with Crippen molar-refractivity contribution in [2.45, 2.75) is 177 Å². The van der Waals surface area contributed by atoms with Gasteiger partial charge >= 0.3 is 0 Å². The van der Waals surface area contributed by atoms with Gasteiger partial charge in [-0.1, -0.05) is 320 Å². The zero-order valence-corrected chi connectivity index (χ0v) is 67.1. The standard InChI is InChI=1S/C105H105BN4/c1-65(2)70-57-95-97-96(58-70)110(99-85(68-35-31-39-73(55-68)102(9,10)11)61-76(105(18,19)20)62-86(99)69-36-32-40-74(56-69)103(12,13)14)94-64-78(108-91-47-27-23-43-81(91)82-44-24-28-48-92(82)108)50-52-88(94)106(97)87-51-49-77(107-89-45-25-21-41-79(89)80-42-22-26-46-90(80)107)63-93(87)109(95)98-83(66-33-29-37-71(53-66)100(3,4)5)59-75(104(15,16)17)60-84(98)67-34-30-38-72(54-67)101(6,7)8/h21-65H,1-20H3/i21D,22D,23D,24D,25D,26D,27D,28D,41D,42D,43D,44D,45D,46D,47D,48D. The number of nitrogens with zero attached hydrogens (tertiary/aromatic N) is 4. The lowest BCUT2D eigenvalue weighted by Gasteiger charge is -2.46. The topological polar surface area (TPSA) is 16.3 Å². The minimum absolute atomic E-state index is 0.0416. The van der Waals surface area contributed by atoms with Crippen LogP contribution < -0.4 is 26.2 Å². The summed E-state index contributed by atoms with van der Waals surface area (Å²) in [4.78, 5) is 4.81. The number of benzene rings is 13. The van der Waals surface area contributed by atoms with Crippen LogP contribution in [-0.2, 0) is 32.5 Å². The van der Waals surface area contributed by atoms with Crippen molar-refractivity contribution in [3.05, 3.63) is 305 Å². The molecule has 4 nitrogen and oxygen atoms in total. The molecule has 0 N–H and O–H groups in total. The second-order valence-corrected chi connectivity index (χ2v) is 36.9. The van der Waals surface area contributed by atoms with Crippen LogP contribution in [0.2, 0.25) is 0 Å².